The molecule has 0 saturated carbocycles. The maximum Gasteiger partial charge on any atom is 0.158 e. The van der Waals surface area contributed by atoms with Crippen LogP contribution in [0.3, 0.4) is 0 Å². The van der Waals surface area contributed by atoms with Crippen molar-refractivity contribution in [1.29, 1.82) is 0 Å². The maximum absolute atomic E-state index is 10.9. The van der Waals surface area contributed by atoms with Crippen molar-refractivity contribution in [2.45, 2.75) is 32.1 Å². The average Bonchev–Trinajstić information content (AvgIpc) is 2.26. The monoisotopic (exact) mass is 249 g/mol. The van der Waals surface area contributed by atoms with Crippen LogP contribution in [0.1, 0.15) is 26.7 Å². The van der Waals surface area contributed by atoms with Gasteiger partial charge in [0.25, 0.3) is 0 Å². The predicted octanol–water partition coefficient (Wildman–Crippen LogP) is 1.25. The van der Waals surface area contributed by atoms with Crippen molar-refractivity contribution in [1.82, 2.24) is 5.32 Å². The smallest absolute Gasteiger partial charge is 0.158 e. The molecule has 0 bridgehead atoms. The van der Waals surface area contributed by atoms with Gasteiger partial charge in [-0.1, -0.05) is 6.92 Å². The number of rotatable bonds is 11. The number of ether oxygens (including phenoxy) is 2. The second-order valence-corrected chi connectivity index (χ2v) is 4.32. The number of hydrogen-bond acceptors (Lipinski definition) is 5. The summed E-state index contributed by atoms with van der Waals surface area (Å²) in [5.41, 5.74) is 0. The van der Waals surface area contributed by atoms with Crippen LogP contribution in [0.4, 0.5) is 0 Å². The molecule has 0 saturated heterocycles. The predicted molar refractivity (Wildman–Crippen MR) is 68.0 cm³/mol. The van der Waals surface area contributed by atoms with Gasteiger partial charge in [0.2, 0.25) is 0 Å². The summed E-state index contributed by atoms with van der Waals surface area (Å²) in [5.74, 6) is 0.146. The third-order valence-corrected chi connectivity index (χ3v) is 2.10. The fourth-order valence-electron chi connectivity index (χ4n) is 0.993. The maximum atomic E-state index is 10.9. The van der Waals surface area contributed by atoms with Gasteiger partial charge >= 0.3 is 0 Å². The van der Waals surface area contributed by atoms with E-state index in [4.69, 9.17) is 9.47 Å². The summed E-state index contributed by atoms with van der Waals surface area (Å²) in [6.45, 7) is 6.78. The topological polar surface area (TPSA) is 47.6 Å². The minimum absolute atomic E-state index is 0.146. The summed E-state index contributed by atoms with van der Waals surface area (Å²) in [7, 11) is 0. The Balaban J connectivity index is 3.01. The summed E-state index contributed by atoms with van der Waals surface area (Å²) >= 11 is 4.18. The number of Topliss-reactive ketones (excluding diaryl/α,β-unsaturated/α-hetero) is 1. The zero-order chi connectivity index (χ0) is 12.2. The van der Waals surface area contributed by atoms with Crippen molar-refractivity contribution in [2.24, 2.45) is 0 Å². The van der Waals surface area contributed by atoms with E-state index in [1.54, 1.807) is 0 Å². The van der Waals surface area contributed by atoms with E-state index in [2.05, 4.69) is 17.9 Å². The summed E-state index contributed by atoms with van der Waals surface area (Å²) in [4.78, 5) is 10.9. The molecule has 16 heavy (non-hydrogen) atoms. The van der Waals surface area contributed by atoms with Gasteiger partial charge in [0, 0.05) is 31.6 Å². The van der Waals surface area contributed by atoms with E-state index in [-0.39, 0.29) is 17.8 Å². The van der Waals surface area contributed by atoms with Gasteiger partial charge in [0.15, 0.2) is 5.78 Å². The molecule has 0 aromatic heterocycles. The van der Waals surface area contributed by atoms with E-state index in [0.717, 1.165) is 13.0 Å². The van der Waals surface area contributed by atoms with Crippen LogP contribution in [0.25, 0.3) is 0 Å². The molecule has 0 spiro atoms. The molecule has 5 heteroatoms. The van der Waals surface area contributed by atoms with Crippen LogP contribution < -0.4 is 5.32 Å². The summed E-state index contributed by atoms with van der Waals surface area (Å²) < 4.78 is 10.5. The highest BCUT2D eigenvalue weighted by Crippen LogP contribution is 1.89. The van der Waals surface area contributed by atoms with Crippen LogP contribution in [0.15, 0.2) is 0 Å². The van der Waals surface area contributed by atoms with Crippen LogP contribution in [-0.4, -0.2) is 44.1 Å². The SMILES string of the molecule is CCC(=O)COCCCOCCNC(C)S. The van der Waals surface area contributed by atoms with Crippen LogP contribution >= 0.6 is 12.6 Å². The average molecular weight is 249 g/mol. The lowest BCUT2D eigenvalue weighted by molar-refractivity contribution is -0.123. The van der Waals surface area contributed by atoms with Crippen LogP contribution in [0, 0.1) is 0 Å². The highest BCUT2D eigenvalue weighted by atomic mass is 32.1. The standard InChI is InChI=1S/C11H23NO3S/c1-3-11(13)9-15-7-4-6-14-8-5-12-10(2)16/h10,12,16H,3-9H2,1-2H3. The molecule has 0 heterocycles. The van der Waals surface area contributed by atoms with Crippen molar-refractivity contribution in [3.8, 4) is 0 Å². The van der Waals surface area contributed by atoms with Crippen molar-refractivity contribution in [3.05, 3.63) is 0 Å². The minimum atomic E-state index is 0.146. The molecule has 0 radical (unpaired) electrons. The van der Waals surface area contributed by atoms with Crippen LogP contribution in [0.5, 0.6) is 0 Å². The summed E-state index contributed by atoms with van der Waals surface area (Å²) in [5, 5.41) is 3.33. The Morgan fingerprint density at radius 2 is 2.00 bits per heavy atom. The summed E-state index contributed by atoms with van der Waals surface area (Å²) in [6, 6.07) is 0. The van der Waals surface area contributed by atoms with Gasteiger partial charge < -0.3 is 14.8 Å². The van der Waals surface area contributed by atoms with Crippen LogP contribution in [0.2, 0.25) is 0 Å². The number of carbonyl (C=O) groups excluding carboxylic acids is 1. The van der Waals surface area contributed by atoms with E-state index in [9.17, 15) is 4.79 Å². The van der Waals surface area contributed by atoms with Crippen LogP contribution in [-0.2, 0) is 14.3 Å². The normalized spacial score (nSPS) is 12.7. The van der Waals surface area contributed by atoms with Crippen molar-refractivity contribution in [2.75, 3.05) is 33.0 Å². The largest absolute Gasteiger partial charge is 0.380 e. The Kier molecular flexibility index (Phi) is 11.3. The Hall–Kier alpha value is -0.100. The van der Waals surface area contributed by atoms with Crippen molar-refractivity contribution < 1.29 is 14.3 Å². The first-order chi connectivity index (χ1) is 7.66. The molecule has 0 fully saturated rings. The van der Waals surface area contributed by atoms with E-state index in [1.165, 1.54) is 0 Å². The second kappa shape index (κ2) is 11.4. The first kappa shape index (κ1) is 15.9. The van der Waals surface area contributed by atoms with E-state index >= 15 is 0 Å². The molecule has 0 amide bonds. The fraction of sp³-hybridized carbons (Fsp3) is 0.909. The molecule has 0 rings (SSSR count). The van der Waals surface area contributed by atoms with Gasteiger partial charge in [-0.3, -0.25) is 4.79 Å². The van der Waals surface area contributed by atoms with Gasteiger partial charge in [-0.25, -0.2) is 0 Å². The molecular formula is C11H23NO3S. The molecule has 1 unspecified atom stereocenters. The Labute approximate surface area is 103 Å². The Morgan fingerprint density at radius 1 is 1.31 bits per heavy atom. The lowest BCUT2D eigenvalue weighted by Gasteiger charge is -2.08. The molecule has 0 aliphatic heterocycles. The zero-order valence-electron chi connectivity index (χ0n) is 10.2. The molecule has 0 aliphatic carbocycles. The van der Waals surface area contributed by atoms with Gasteiger partial charge in [-0.05, 0) is 13.3 Å². The molecule has 0 aliphatic rings. The number of carbonyl (C=O) groups is 1. The second-order valence-electron chi connectivity index (χ2n) is 3.54. The lowest BCUT2D eigenvalue weighted by atomic mass is 10.3. The molecule has 0 aromatic carbocycles. The molecule has 1 N–H and O–H groups in total. The number of hydrogen-bond donors (Lipinski definition) is 2. The first-order valence-corrected chi connectivity index (χ1v) is 6.27. The first-order valence-electron chi connectivity index (χ1n) is 5.75. The lowest BCUT2D eigenvalue weighted by Crippen LogP contribution is -2.25. The molecule has 1 atom stereocenters. The Bertz CT molecular complexity index is 177. The number of ketones is 1. The van der Waals surface area contributed by atoms with E-state index in [0.29, 0.717) is 26.2 Å². The molecule has 4 nitrogen and oxygen atoms in total. The third-order valence-electron chi connectivity index (χ3n) is 1.92. The molecular weight excluding hydrogens is 226 g/mol. The number of nitrogens with one attached hydrogen (secondary N) is 1. The van der Waals surface area contributed by atoms with Gasteiger partial charge in [0.1, 0.15) is 6.61 Å². The highest BCUT2D eigenvalue weighted by molar-refractivity contribution is 7.80. The Morgan fingerprint density at radius 3 is 2.62 bits per heavy atom. The highest BCUT2D eigenvalue weighted by Gasteiger charge is 1.97. The van der Waals surface area contributed by atoms with Crippen molar-refractivity contribution >= 4 is 18.4 Å². The van der Waals surface area contributed by atoms with Gasteiger partial charge in [-0.2, -0.15) is 12.6 Å². The van der Waals surface area contributed by atoms with Gasteiger partial charge in [-0.15, -0.1) is 0 Å². The molecule has 96 valence electrons. The van der Waals surface area contributed by atoms with E-state index in [1.807, 2.05) is 13.8 Å². The third kappa shape index (κ3) is 12.0. The fourth-order valence-corrected chi connectivity index (χ4v) is 1.12. The van der Waals surface area contributed by atoms with Gasteiger partial charge in [0.05, 0.1) is 6.61 Å². The quantitative estimate of drug-likeness (QED) is 0.329. The minimum Gasteiger partial charge on any atom is -0.380 e. The summed E-state index contributed by atoms with van der Waals surface area (Å²) in [6.07, 6.45) is 1.37. The van der Waals surface area contributed by atoms with Crippen molar-refractivity contribution in [3.63, 3.8) is 0 Å². The van der Waals surface area contributed by atoms with E-state index < -0.39 is 0 Å². The zero-order valence-corrected chi connectivity index (χ0v) is 11.1. The molecule has 0 aromatic rings. The number of thiol groups is 1.